The number of ether oxygens (including phenoxy) is 1. The highest BCUT2D eigenvalue weighted by molar-refractivity contribution is 6.30. The Kier molecular flexibility index (Phi) is 5.01. The minimum absolute atomic E-state index is 0.0312. The molecule has 1 amide bonds. The van der Waals surface area contributed by atoms with E-state index in [9.17, 15) is 4.79 Å². The van der Waals surface area contributed by atoms with Gasteiger partial charge in [0.05, 0.1) is 6.04 Å². The van der Waals surface area contributed by atoms with Gasteiger partial charge in [0.2, 0.25) is 5.91 Å². The summed E-state index contributed by atoms with van der Waals surface area (Å²) in [7, 11) is 0. The van der Waals surface area contributed by atoms with Crippen LogP contribution in [0.1, 0.15) is 31.2 Å². The molecule has 0 aliphatic carbocycles. The van der Waals surface area contributed by atoms with Crippen LogP contribution in [0.4, 0.5) is 0 Å². The molecule has 1 aromatic carbocycles. The number of hydrogen-bond donors (Lipinski definition) is 2. The molecule has 120 valence electrons. The van der Waals surface area contributed by atoms with Crippen LogP contribution in [0, 0.1) is 0 Å². The Morgan fingerprint density at radius 3 is 2.91 bits per heavy atom. The van der Waals surface area contributed by atoms with E-state index in [1.165, 1.54) is 5.56 Å². The Bertz CT molecular complexity index is 523. The summed E-state index contributed by atoms with van der Waals surface area (Å²) in [4.78, 5) is 12.3. The van der Waals surface area contributed by atoms with Crippen LogP contribution >= 0.6 is 11.6 Å². The van der Waals surface area contributed by atoms with Gasteiger partial charge >= 0.3 is 0 Å². The Morgan fingerprint density at radius 1 is 1.41 bits per heavy atom. The van der Waals surface area contributed by atoms with Gasteiger partial charge in [-0.3, -0.25) is 4.79 Å². The van der Waals surface area contributed by atoms with E-state index in [1.807, 2.05) is 18.2 Å². The number of nitrogens with one attached hydrogen (secondary N) is 2. The van der Waals surface area contributed by atoms with E-state index in [0.29, 0.717) is 6.54 Å². The number of hydrogen-bond acceptors (Lipinski definition) is 3. The van der Waals surface area contributed by atoms with E-state index in [-0.39, 0.29) is 17.4 Å². The highest BCUT2D eigenvalue weighted by Gasteiger charge is 2.35. The van der Waals surface area contributed by atoms with Crippen LogP contribution in [0.3, 0.4) is 0 Å². The van der Waals surface area contributed by atoms with Gasteiger partial charge in [0, 0.05) is 30.2 Å². The van der Waals surface area contributed by atoms with E-state index in [1.54, 1.807) is 0 Å². The molecule has 5 heteroatoms. The number of rotatable bonds is 4. The zero-order valence-electron chi connectivity index (χ0n) is 12.7. The molecule has 0 bridgehead atoms. The van der Waals surface area contributed by atoms with Crippen LogP contribution in [0.15, 0.2) is 24.3 Å². The van der Waals surface area contributed by atoms with Crippen LogP contribution in [-0.4, -0.2) is 38.3 Å². The van der Waals surface area contributed by atoms with Crippen molar-refractivity contribution in [1.82, 2.24) is 10.6 Å². The van der Waals surface area contributed by atoms with Gasteiger partial charge in [0.25, 0.3) is 0 Å². The maximum atomic E-state index is 12.3. The highest BCUT2D eigenvalue weighted by atomic mass is 35.5. The second-order valence-electron chi connectivity index (χ2n) is 6.27. The zero-order chi connectivity index (χ0) is 15.4. The predicted octanol–water partition coefficient (Wildman–Crippen LogP) is 2.26. The molecule has 2 aliphatic heterocycles. The first-order valence-electron chi connectivity index (χ1n) is 8.05. The number of amides is 1. The van der Waals surface area contributed by atoms with E-state index in [2.05, 4.69) is 16.7 Å². The van der Waals surface area contributed by atoms with E-state index in [4.69, 9.17) is 16.3 Å². The molecular weight excluding hydrogens is 300 g/mol. The monoisotopic (exact) mass is 322 g/mol. The molecule has 2 fully saturated rings. The van der Waals surface area contributed by atoms with Crippen LogP contribution in [-0.2, 0) is 14.9 Å². The lowest BCUT2D eigenvalue weighted by molar-refractivity contribution is -0.123. The standard InChI is InChI=1S/C17H23ClN2O2/c18-14-4-1-3-13(11-14)17(6-9-22-10-7-17)12-20-16(21)15-5-2-8-19-15/h1,3-4,11,15,19H,2,5-10,12H2,(H,20,21). The summed E-state index contributed by atoms with van der Waals surface area (Å²) in [6.07, 6.45) is 3.82. The second-order valence-corrected chi connectivity index (χ2v) is 6.71. The summed E-state index contributed by atoms with van der Waals surface area (Å²) in [5, 5.41) is 7.14. The third-order valence-corrected chi connectivity index (χ3v) is 5.10. The average molecular weight is 323 g/mol. The van der Waals surface area contributed by atoms with Crippen molar-refractivity contribution in [2.45, 2.75) is 37.1 Å². The first-order valence-corrected chi connectivity index (χ1v) is 8.42. The zero-order valence-corrected chi connectivity index (χ0v) is 13.5. The van der Waals surface area contributed by atoms with Crippen molar-refractivity contribution in [3.63, 3.8) is 0 Å². The van der Waals surface area contributed by atoms with Crippen molar-refractivity contribution in [2.24, 2.45) is 0 Å². The highest BCUT2D eigenvalue weighted by Crippen LogP contribution is 2.35. The summed E-state index contributed by atoms with van der Waals surface area (Å²) in [6, 6.07) is 7.97. The molecule has 3 rings (SSSR count). The Morgan fingerprint density at radius 2 is 2.23 bits per heavy atom. The molecule has 4 nitrogen and oxygen atoms in total. The Balaban J connectivity index is 1.73. The van der Waals surface area contributed by atoms with E-state index >= 15 is 0 Å². The quantitative estimate of drug-likeness (QED) is 0.894. The third kappa shape index (κ3) is 3.45. The summed E-state index contributed by atoms with van der Waals surface area (Å²) in [6.45, 7) is 3.03. The molecular formula is C17H23ClN2O2. The predicted molar refractivity (Wildman–Crippen MR) is 87.2 cm³/mol. The fourth-order valence-electron chi connectivity index (χ4n) is 3.44. The summed E-state index contributed by atoms with van der Waals surface area (Å²) in [5.74, 6) is 0.116. The van der Waals surface area contributed by atoms with Crippen molar-refractivity contribution in [3.05, 3.63) is 34.9 Å². The number of halogens is 1. The fourth-order valence-corrected chi connectivity index (χ4v) is 3.63. The maximum absolute atomic E-state index is 12.3. The first kappa shape index (κ1) is 15.8. The van der Waals surface area contributed by atoms with Gasteiger partial charge in [0.1, 0.15) is 0 Å². The van der Waals surface area contributed by atoms with Crippen molar-refractivity contribution in [3.8, 4) is 0 Å². The maximum Gasteiger partial charge on any atom is 0.237 e. The number of carbonyl (C=O) groups is 1. The minimum Gasteiger partial charge on any atom is -0.381 e. The van der Waals surface area contributed by atoms with E-state index in [0.717, 1.165) is 50.5 Å². The van der Waals surface area contributed by atoms with E-state index < -0.39 is 0 Å². The molecule has 2 heterocycles. The lowest BCUT2D eigenvalue weighted by Gasteiger charge is -2.38. The number of benzene rings is 1. The largest absolute Gasteiger partial charge is 0.381 e. The van der Waals surface area contributed by atoms with Gasteiger partial charge in [-0.15, -0.1) is 0 Å². The summed E-state index contributed by atoms with van der Waals surface area (Å²) < 4.78 is 5.53. The van der Waals surface area contributed by atoms with Gasteiger partial charge in [0.15, 0.2) is 0 Å². The molecule has 1 aromatic rings. The van der Waals surface area contributed by atoms with Crippen LogP contribution in [0.25, 0.3) is 0 Å². The Hall–Kier alpha value is -1.10. The molecule has 2 saturated heterocycles. The van der Waals surface area contributed by atoms with Crippen LogP contribution in [0.5, 0.6) is 0 Å². The summed E-state index contributed by atoms with van der Waals surface area (Å²) in [5.41, 5.74) is 1.13. The molecule has 0 spiro atoms. The third-order valence-electron chi connectivity index (χ3n) is 4.86. The minimum atomic E-state index is -0.0720. The van der Waals surface area contributed by atoms with Gasteiger partial charge in [-0.25, -0.2) is 0 Å². The topological polar surface area (TPSA) is 50.4 Å². The Labute approximate surface area is 136 Å². The molecule has 0 aromatic heterocycles. The molecule has 0 radical (unpaired) electrons. The molecule has 1 atom stereocenters. The van der Waals surface area contributed by atoms with Gasteiger partial charge in [-0.2, -0.15) is 0 Å². The smallest absolute Gasteiger partial charge is 0.237 e. The first-order chi connectivity index (χ1) is 10.7. The van der Waals surface area contributed by atoms with Gasteiger partial charge in [-0.1, -0.05) is 23.7 Å². The lowest BCUT2D eigenvalue weighted by atomic mass is 9.74. The molecule has 2 aliphatic rings. The molecule has 22 heavy (non-hydrogen) atoms. The van der Waals surface area contributed by atoms with Crippen molar-refractivity contribution >= 4 is 17.5 Å². The number of carbonyl (C=O) groups excluding carboxylic acids is 1. The van der Waals surface area contributed by atoms with Crippen molar-refractivity contribution < 1.29 is 9.53 Å². The lowest BCUT2D eigenvalue weighted by Crippen LogP contribution is -2.48. The van der Waals surface area contributed by atoms with Crippen LogP contribution in [0.2, 0.25) is 5.02 Å². The SMILES string of the molecule is O=C(NCC1(c2cccc(Cl)c2)CCOCC1)C1CCCN1. The summed E-state index contributed by atoms with van der Waals surface area (Å²) >= 11 is 6.16. The van der Waals surface area contributed by atoms with Crippen LogP contribution < -0.4 is 10.6 Å². The molecule has 2 N–H and O–H groups in total. The molecule has 0 saturated carbocycles. The fraction of sp³-hybridized carbons (Fsp3) is 0.588. The van der Waals surface area contributed by atoms with Crippen molar-refractivity contribution in [2.75, 3.05) is 26.3 Å². The normalized spacial score (nSPS) is 24.1. The second kappa shape index (κ2) is 6.99. The van der Waals surface area contributed by atoms with Crippen molar-refractivity contribution in [1.29, 1.82) is 0 Å². The van der Waals surface area contributed by atoms with Gasteiger partial charge in [-0.05, 0) is 49.9 Å². The van der Waals surface area contributed by atoms with Gasteiger partial charge < -0.3 is 15.4 Å². The average Bonchev–Trinajstić information content (AvgIpc) is 3.08. The molecule has 1 unspecified atom stereocenters.